The number of halogens is 4. The van der Waals surface area contributed by atoms with Crippen LogP contribution in [0.2, 0.25) is 0 Å². The summed E-state index contributed by atoms with van der Waals surface area (Å²) in [6.07, 6.45) is 6.12. The third-order valence-electron chi connectivity index (χ3n) is 3.49. The van der Waals surface area contributed by atoms with Crippen LogP contribution in [-0.4, -0.2) is 7.25 Å². The second kappa shape index (κ2) is 7.97. The van der Waals surface area contributed by atoms with Crippen LogP contribution in [0.4, 0.5) is 28.6 Å². The normalized spacial score (nSPS) is 14.2. The van der Waals surface area contributed by atoms with E-state index in [2.05, 4.69) is 66.7 Å². The lowest BCUT2D eigenvalue weighted by molar-refractivity contribution is -0.715. The van der Waals surface area contributed by atoms with Gasteiger partial charge in [0.05, 0.1) is 0 Å². The quantitative estimate of drug-likeness (QED) is 0.605. The fraction of sp³-hybridized carbons (Fsp3) is 0.176. The molecule has 1 aliphatic carbocycles. The predicted molar refractivity (Wildman–Crippen MR) is 85.3 cm³/mol. The zero-order valence-corrected chi connectivity index (χ0v) is 12.6. The molecule has 2 aromatic carbocycles. The van der Waals surface area contributed by atoms with Crippen molar-refractivity contribution in [2.24, 2.45) is 0 Å². The fourth-order valence-corrected chi connectivity index (χ4v) is 2.65. The Morgan fingerprint density at radius 3 is 1.52 bits per heavy atom. The SMILES string of the molecule is C1=C([NH+](c2ccccc2)c2ccccc2)CCC1.F[B-](F)(F)F. The molecule has 0 fully saturated rings. The molecule has 3 rings (SSSR count). The summed E-state index contributed by atoms with van der Waals surface area (Å²) in [5.74, 6) is 0. The Bertz CT molecular complexity index is 581. The summed E-state index contributed by atoms with van der Waals surface area (Å²) in [7, 11) is -6.00. The summed E-state index contributed by atoms with van der Waals surface area (Å²) < 4.78 is 39.0. The summed E-state index contributed by atoms with van der Waals surface area (Å²) in [4.78, 5) is 1.41. The van der Waals surface area contributed by atoms with Gasteiger partial charge in [-0.3, -0.25) is 0 Å². The molecule has 122 valence electrons. The Balaban J connectivity index is 0.000000338. The van der Waals surface area contributed by atoms with Crippen molar-refractivity contribution in [2.45, 2.75) is 19.3 Å². The van der Waals surface area contributed by atoms with Crippen LogP contribution >= 0.6 is 0 Å². The first-order valence-corrected chi connectivity index (χ1v) is 7.49. The first kappa shape index (κ1) is 17.3. The van der Waals surface area contributed by atoms with Gasteiger partial charge in [0, 0.05) is 6.42 Å². The number of hydrogen-bond donors (Lipinski definition) is 1. The second-order valence-corrected chi connectivity index (χ2v) is 5.22. The number of nitrogens with one attached hydrogen (secondary N) is 1. The summed E-state index contributed by atoms with van der Waals surface area (Å²) in [5, 5.41) is 0. The van der Waals surface area contributed by atoms with Crippen molar-refractivity contribution in [1.29, 1.82) is 0 Å². The van der Waals surface area contributed by atoms with Crippen LogP contribution in [0, 0.1) is 0 Å². The molecule has 0 bridgehead atoms. The largest absolute Gasteiger partial charge is 0.673 e. The molecule has 0 unspecified atom stereocenters. The summed E-state index contributed by atoms with van der Waals surface area (Å²) in [6.45, 7) is 0. The Hall–Kier alpha value is -2.08. The highest BCUT2D eigenvalue weighted by molar-refractivity contribution is 6.50. The number of benzene rings is 2. The summed E-state index contributed by atoms with van der Waals surface area (Å²) >= 11 is 0. The van der Waals surface area contributed by atoms with Crippen LogP contribution in [0.15, 0.2) is 72.4 Å². The van der Waals surface area contributed by atoms with Crippen molar-refractivity contribution in [2.75, 3.05) is 0 Å². The van der Waals surface area contributed by atoms with Crippen molar-refractivity contribution in [3.8, 4) is 0 Å². The number of quaternary nitrogens is 1. The van der Waals surface area contributed by atoms with Crippen LogP contribution in [0.25, 0.3) is 0 Å². The average Bonchev–Trinajstić information content (AvgIpc) is 3.02. The van der Waals surface area contributed by atoms with Gasteiger partial charge >= 0.3 is 7.25 Å². The molecule has 0 amide bonds. The second-order valence-electron chi connectivity index (χ2n) is 5.22. The van der Waals surface area contributed by atoms with Gasteiger partial charge in [-0.15, -0.1) is 0 Å². The maximum absolute atomic E-state index is 9.75. The van der Waals surface area contributed by atoms with Crippen molar-refractivity contribution in [3.05, 3.63) is 72.4 Å². The van der Waals surface area contributed by atoms with Gasteiger partial charge in [0.25, 0.3) is 0 Å². The Morgan fingerprint density at radius 2 is 1.17 bits per heavy atom. The van der Waals surface area contributed by atoms with E-state index >= 15 is 0 Å². The molecular formula is C17H18BF4N. The average molecular weight is 323 g/mol. The van der Waals surface area contributed by atoms with Crippen molar-refractivity contribution in [3.63, 3.8) is 0 Å². The van der Waals surface area contributed by atoms with Gasteiger partial charge in [-0.2, -0.15) is 0 Å². The standard InChI is InChI=1S/C17H17N.BF4/c1-3-9-15(10-4-1)18(17-13-7-8-14-17)16-11-5-2-6-12-16;2-1(3,4)5/h1-6,9-13H,7-8,14H2;/q;-1/p+1. The Labute approximate surface area is 133 Å². The van der Waals surface area contributed by atoms with E-state index in [1.807, 2.05) is 0 Å². The van der Waals surface area contributed by atoms with E-state index in [0.717, 1.165) is 0 Å². The first-order chi connectivity index (χ1) is 10.9. The minimum Gasteiger partial charge on any atom is -0.418 e. The van der Waals surface area contributed by atoms with Crippen LogP contribution < -0.4 is 4.90 Å². The molecule has 0 spiro atoms. The molecule has 0 aliphatic heterocycles. The van der Waals surface area contributed by atoms with E-state index in [0.29, 0.717) is 0 Å². The third-order valence-corrected chi connectivity index (χ3v) is 3.49. The van der Waals surface area contributed by atoms with Crippen LogP contribution in [0.3, 0.4) is 0 Å². The van der Waals surface area contributed by atoms with E-state index in [1.165, 1.54) is 41.2 Å². The number of allylic oxidation sites excluding steroid dienone is 2. The van der Waals surface area contributed by atoms with Crippen molar-refractivity contribution >= 4 is 18.6 Å². The molecule has 23 heavy (non-hydrogen) atoms. The van der Waals surface area contributed by atoms with E-state index in [-0.39, 0.29) is 0 Å². The molecule has 0 aromatic heterocycles. The summed E-state index contributed by atoms with van der Waals surface area (Å²) in [5.41, 5.74) is 4.17. The van der Waals surface area contributed by atoms with Gasteiger partial charge in [0.1, 0.15) is 17.1 Å². The third kappa shape index (κ3) is 5.91. The van der Waals surface area contributed by atoms with Gasteiger partial charge < -0.3 is 17.3 Å². The molecule has 6 heteroatoms. The van der Waals surface area contributed by atoms with E-state index in [4.69, 9.17) is 0 Å². The molecule has 1 nitrogen and oxygen atoms in total. The molecule has 2 aromatic rings. The maximum atomic E-state index is 9.75. The minimum absolute atomic E-state index is 1.21. The summed E-state index contributed by atoms with van der Waals surface area (Å²) in [6, 6.07) is 21.5. The lowest BCUT2D eigenvalue weighted by atomic mass is 10.2. The molecule has 1 aliphatic rings. The highest BCUT2D eigenvalue weighted by Crippen LogP contribution is 2.18. The Morgan fingerprint density at radius 1 is 0.739 bits per heavy atom. The van der Waals surface area contributed by atoms with Gasteiger partial charge in [0.2, 0.25) is 0 Å². The van der Waals surface area contributed by atoms with Gasteiger partial charge in [-0.05, 0) is 43.2 Å². The minimum atomic E-state index is -6.00. The number of rotatable bonds is 3. The van der Waals surface area contributed by atoms with Crippen LogP contribution in [0.5, 0.6) is 0 Å². The lowest BCUT2D eigenvalue weighted by Crippen LogP contribution is -3.00. The first-order valence-electron chi connectivity index (χ1n) is 7.49. The van der Waals surface area contributed by atoms with Gasteiger partial charge in [0.15, 0.2) is 0 Å². The lowest BCUT2D eigenvalue weighted by Gasteiger charge is -2.19. The predicted octanol–water partition coefficient (Wildman–Crippen LogP) is 4.90. The molecule has 0 radical (unpaired) electrons. The zero-order valence-electron chi connectivity index (χ0n) is 12.6. The van der Waals surface area contributed by atoms with Gasteiger partial charge in [-0.1, -0.05) is 36.4 Å². The van der Waals surface area contributed by atoms with E-state index < -0.39 is 7.25 Å². The van der Waals surface area contributed by atoms with E-state index in [9.17, 15) is 17.3 Å². The van der Waals surface area contributed by atoms with Crippen LogP contribution in [-0.2, 0) is 0 Å². The van der Waals surface area contributed by atoms with Gasteiger partial charge in [-0.25, -0.2) is 4.90 Å². The number of hydrogen-bond acceptors (Lipinski definition) is 0. The van der Waals surface area contributed by atoms with Crippen LogP contribution in [0.1, 0.15) is 19.3 Å². The Kier molecular flexibility index (Phi) is 5.99. The van der Waals surface area contributed by atoms with E-state index in [1.54, 1.807) is 0 Å². The smallest absolute Gasteiger partial charge is 0.418 e. The van der Waals surface area contributed by atoms with Crippen molar-refractivity contribution < 1.29 is 22.2 Å². The molecule has 0 saturated heterocycles. The zero-order chi connectivity index (χ0) is 16.7. The highest BCUT2D eigenvalue weighted by Gasteiger charge is 2.22. The van der Waals surface area contributed by atoms with Crippen molar-refractivity contribution in [1.82, 2.24) is 0 Å². The molecule has 0 atom stereocenters. The maximum Gasteiger partial charge on any atom is 0.673 e. The highest BCUT2D eigenvalue weighted by atomic mass is 19.5. The fourth-order valence-electron chi connectivity index (χ4n) is 2.65. The molecule has 1 N–H and O–H groups in total. The number of para-hydroxylation sites is 2. The molecule has 0 heterocycles. The molecule has 0 saturated carbocycles. The monoisotopic (exact) mass is 323 g/mol. The topological polar surface area (TPSA) is 4.44 Å². The molecular weight excluding hydrogens is 305 g/mol.